The molecule has 0 amide bonds. The van der Waals surface area contributed by atoms with Gasteiger partial charge in [0, 0.05) is 13.1 Å². The quantitative estimate of drug-likeness (QED) is 0.775. The Bertz CT molecular complexity index is 426. The van der Waals surface area contributed by atoms with Gasteiger partial charge in [-0.2, -0.15) is 0 Å². The number of benzene rings is 1. The minimum atomic E-state index is -0.621. The molecule has 1 aromatic carbocycles. The molecule has 0 saturated heterocycles. The van der Waals surface area contributed by atoms with Gasteiger partial charge in [-0.05, 0) is 37.7 Å². The molecule has 0 aliphatic heterocycles. The van der Waals surface area contributed by atoms with E-state index in [1.54, 1.807) is 12.1 Å². The fourth-order valence-electron chi connectivity index (χ4n) is 2.12. The van der Waals surface area contributed by atoms with E-state index in [0.29, 0.717) is 0 Å². The molecule has 0 saturated carbocycles. The fourth-order valence-corrected chi connectivity index (χ4v) is 2.30. The molecule has 0 fully saturated rings. The molecule has 3 nitrogen and oxygen atoms in total. The lowest BCUT2D eigenvalue weighted by atomic mass is 9.93. The Labute approximate surface area is 125 Å². The first-order valence-electron chi connectivity index (χ1n) is 7.00. The zero-order valence-electron chi connectivity index (χ0n) is 12.4. The highest BCUT2D eigenvalue weighted by Crippen LogP contribution is 2.25. The lowest BCUT2D eigenvalue weighted by Gasteiger charge is -2.31. The van der Waals surface area contributed by atoms with Gasteiger partial charge < -0.3 is 15.3 Å². The van der Waals surface area contributed by atoms with Crippen LogP contribution in [0.25, 0.3) is 0 Å². The normalized spacial score (nSPS) is 14.6. The zero-order valence-corrected chi connectivity index (χ0v) is 13.2. The first-order chi connectivity index (χ1) is 9.46. The van der Waals surface area contributed by atoms with Gasteiger partial charge in [0.25, 0.3) is 0 Å². The lowest BCUT2D eigenvalue weighted by Crippen LogP contribution is -2.46. The van der Waals surface area contributed by atoms with Gasteiger partial charge in [0.1, 0.15) is 5.82 Å². The molecule has 0 aliphatic rings. The summed E-state index contributed by atoms with van der Waals surface area (Å²) in [4.78, 5) is 2.29. The Morgan fingerprint density at radius 2 is 2.00 bits per heavy atom. The van der Waals surface area contributed by atoms with Crippen molar-refractivity contribution < 1.29 is 9.50 Å². The number of nitrogens with zero attached hydrogens (tertiary/aromatic N) is 1. The summed E-state index contributed by atoms with van der Waals surface area (Å²) in [6.07, 6.45) is 0. The van der Waals surface area contributed by atoms with Gasteiger partial charge in [-0.25, -0.2) is 4.39 Å². The van der Waals surface area contributed by atoms with Crippen molar-refractivity contribution in [2.24, 2.45) is 0 Å². The number of likely N-dealkylation sites (N-methyl/N-ethyl adjacent to an activating group) is 1. The SMILES string of the molecule is CCN(CC)CCNC(C)(CO)c1ccc(F)c(Cl)c1. The minimum Gasteiger partial charge on any atom is -0.394 e. The van der Waals surface area contributed by atoms with E-state index < -0.39 is 11.4 Å². The van der Waals surface area contributed by atoms with Crippen molar-refractivity contribution >= 4 is 11.6 Å². The van der Waals surface area contributed by atoms with E-state index in [1.807, 2.05) is 6.92 Å². The van der Waals surface area contributed by atoms with Gasteiger partial charge in [0.2, 0.25) is 0 Å². The van der Waals surface area contributed by atoms with E-state index in [-0.39, 0.29) is 11.6 Å². The van der Waals surface area contributed by atoms with Crippen LogP contribution in [0.2, 0.25) is 5.02 Å². The van der Waals surface area contributed by atoms with Gasteiger partial charge in [-0.15, -0.1) is 0 Å². The summed E-state index contributed by atoms with van der Waals surface area (Å²) < 4.78 is 13.2. The van der Waals surface area contributed by atoms with E-state index in [0.717, 1.165) is 31.7 Å². The van der Waals surface area contributed by atoms with Crippen LogP contribution < -0.4 is 5.32 Å². The Balaban J connectivity index is 2.73. The molecule has 20 heavy (non-hydrogen) atoms. The Morgan fingerprint density at radius 1 is 1.35 bits per heavy atom. The molecular weight excluding hydrogens is 279 g/mol. The van der Waals surface area contributed by atoms with Crippen LogP contribution in [-0.2, 0) is 5.54 Å². The van der Waals surface area contributed by atoms with Crippen LogP contribution in [-0.4, -0.2) is 42.8 Å². The van der Waals surface area contributed by atoms with Crippen LogP contribution in [0.15, 0.2) is 18.2 Å². The molecule has 1 aromatic rings. The van der Waals surface area contributed by atoms with Crippen molar-refractivity contribution in [1.29, 1.82) is 0 Å². The van der Waals surface area contributed by atoms with Gasteiger partial charge in [-0.3, -0.25) is 0 Å². The lowest BCUT2D eigenvalue weighted by molar-refractivity contribution is 0.168. The van der Waals surface area contributed by atoms with Crippen molar-refractivity contribution in [2.75, 3.05) is 32.8 Å². The maximum absolute atomic E-state index is 13.2. The van der Waals surface area contributed by atoms with Gasteiger partial charge in [0.15, 0.2) is 0 Å². The number of aliphatic hydroxyl groups is 1. The third kappa shape index (κ3) is 4.42. The fraction of sp³-hybridized carbons (Fsp3) is 0.600. The highest BCUT2D eigenvalue weighted by molar-refractivity contribution is 6.30. The first kappa shape index (κ1) is 17.4. The third-order valence-corrected chi connectivity index (χ3v) is 4.00. The van der Waals surface area contributed by atoms with Crippen LogP contribution in [0.1, 0.15) is 26.3 Å². The second kappa shape index (κ2) is 7.93. The molecule has 1 unspecified atom stereocenters. The van der Waals surface area contributed by atoms with Crippen molar-refractivity contribution in [3.8, 4) is 0 Å². The molecular formula is C15H24ClFN2O. The molecule has 5 heteroatoms. The van der Waals surface area contributed by atoms with E-state index in [2.05, 4.69) is 24.1 Å². The molecule has 0 spiro atoms. The zero-order chi connectivity index (χ0) is 15.2. The summed E-state index contributed by atoms with van der Waals surface area (Å²) in [5.74, 6) is -0.446. The third-order valence-electron chi connectivity index (χ3n) is 3.71. The van der Waals surface area contributed by atoms with Crippen LogP contribution in [0.5, 0.6) is 0 Å². The largest absolute Gasteiger partial charge is 0.394 e. The number of rotatable bonds is 8. The molecule has 2 N–H and O–H groups in total. The molecule has 0 bridgehead atoms. The van der Waals surface area contributed by atoms with Gasteiger partial charge in [-0.1, -0.05) is 31.5 Å². The van der Waals surface area contributed by atoms with Gasteiger partial charge >= 0.3 is 0 Å². The van der Waals surface area contributed by atoms with E-state index >= 15 is 0 Å². The number of halogens is 2. The predicted molar refractivity (Wildman–Crippen MR) is 81.6 cm³/mol. The number of nitrogens with one attached hydrogen (secondary N) is 1. The number of aliphatic hydroxyl groups excluding tert-OH is 1. The van der Waals surface area contributed by atoms with Crippen LogP contribution >= 0.6 is 11.6 Å². The number of hydrogen-bond acceptors (Lipinski definition) is 3. The van der Waals surface area contributed by atoms with Crippen LogP contribution in [0, 0.1) is 5.82 Å². The van der Waals surface area contributed by atoms with Crippen LogP contribution in [0.4, 0.5) is 4.39 Å². The predicted octanol–water partition coefficient (Wildman–Crippen LogP) is 2.62. The molecule has 1 atom stereocenters. The van der Waals surface area contributed by atoms with E-state index in [4.69, 9.17) is 11.6 Å². The second-order valence-corrected chi connectivity index (χ2v) is 5.48. The van der Waals surface area contributed by atoms with Crippen molar-refractivity contribution in [3.63, 3.8) is 0 Å². The highest BCUT2D eigenvalue weighted by atomic mass is 35.5. The molecule has 0 aliphatic carbocycles. The van der Waals surface area contributed by atoms with Crippen molar-refractivity contribution in [3.05, 3.63) is 34.6 Å². The first-order valence-corrected chi connectivity index (χ1v) is 7.38. The van der Waals surface area contributed by atoms with Crippen molar-refractivity contribution in [1.82, 2.24) is 10.2 Å². The Morgan fingerprint density at radius 3 is 2.50 bits per heavy atom. The maximum atomic E-state index is 13.2. The average molecular weight is 303 g/mol. The monoisotopic (exact) mass is 302 g/mol. The smallest absolute Gasteiger partial charge is 0.141 e. The average Bonchev–Trinajstić information content (AvgIpc) is 2.46. The minimum absolute atomic E-state index is 0.0762. The Kier molecular flexibility index (Phi) is 6.89. The Hall–Kier alpha value is -0.680. The van der Waals surface area contributed by atoms with Crippen LogP contribution in [0.3, 0.4) is 0 Å². The number of hydrogen-bond donors (Lipinski definition) is 2. The summed E-state index contributed by atoms with van der Waals surface area (Å²) in [6.45, 7) is 9.69. The van der Waals surface area contributed by atoms with Crippen molar-refractivity contribution in [2.45, 2.75) is 26.3 Å². The molecule has 114 valence electrons. The van der Waals surface area contributed by atoms with E-state index in [9.17, 15) is 9.50 Å². The molecule has 0 radical (unpaired) electrons. The summed E-state index contributed by atoms with van der Waals surface area (Å²) in [5.41, 5.74) is 0.163. The topological polar surface area (TPSA) is 35.5 Å². The van der Waals surface area contributed by atoms with E-state index in [1.165, 1.54) is 6.07 Å². The molecule has 0 aromatic heterocycles. The molecule has 0 heterocycles. The summed E-state index contributed by atoms with van der Waals surface area (Å²) >= 11 is 5.81. The second-order valence-electron chi connectivity index (χ2n) is 5.07. The summed E-state index contributed by atoms with van der Waals surface area (Å²) in [5, 5.41) is 13.1. The van der Waals surface area contributed by atoms with Gasteiger partial charge in [0.05, 0.1) is 17.2 Å². The summed E-state index contributed by atoms with van der Waals surface area (Å²) in [7, 11) is 0. The maximum Gasteiger partial charge on any atom is 0.141 e. The standard InChI is InChI=1S/C15H24ClFN2O/c1-4-19(5-2)9-8-18-15(3,11-20)12-6-7-14(17)13(16)10-12/h6-7,10,18,20H,4-5,8-9,11H2,1-3H3. The molecule has 1 rings (SSSR count). The highest BCUT2D eigenvalue weighted by Gasteiger charge is 2.25. The summed E-state index contributed by atoms with van der Waals surface area (Å²) in [6, 6.07) is 4.55.